The zero-order valence-corrected chi connectivity index (χ0v) is 9.44. The summed E-state index contributed by atoms with van der Waals surface area (Å²) in [7, 11) is -3.87. The Hall–Kier alpha value is -1.21. The van der Waals surface area contributed by atoms with Crippen molar-refractivity contribution in [3.63, 3.8) is 0 Å². The number of aromatic nitrogens is 1. The van der Waals surface area contributed by atoms with Crippen molar-refractivity contribution >= 4 is 10.1 Å². The van der Waals surface area contributed by atoms with E-state index in [1.807, 2.05) is 0 Å². The van der Waals surface area contributed by atoms with Crippen molar-refractivity contribution in [3.05, 3.63) is 12.4 Å². The first kappa shape index (κ1) is 11.3. The molecule has 1 N–H and O–H groups in total. The van der Waals surface area contributed by atoms with Gasteiger partial charge in [-0.25, -0.2) is 0 Å². The van der Waals surface area contributed by atoms with Gasteiger partial charge in [-0.1, -0.05) is 0 Å². The van der Waals surface area contributed by atoms with Crippen LogP contribution in [0.4, 0.5) is 0 Å². The van der Waals surface area contributed by atoms with Gasteiger partial charge < -0.3 is 14.0 Å². The summed E-state index contributed by atoms with van der Waals surface area (Å²) in [6, 6.07) is 0. The molecule has 0 atom stereocenters. The molecule has 1 aromatic rings. The molecule has 0 radical (unpaired) electrons. The van der Waals surface area contributed by atoms with Crippen LogP contribution in [0.5, 0.6) is 11.5 Å². The topological polar surface area (TPSA) is 77.8 Å². The highest BCUT2D eigenvalue weighted by Crippen LogP contribution is 2.30. The standard InChI is InChI=1S/C9H13NO5S/c11-16(12,13)5-1-2-10-6-8-9(7-10)15-4-3-14-8/h6-7H,1-5H2,(H,11,12,13). The van der Waals surface area contributed by atoms with E-state index in [0.717, 1.165) is 0 Å². The Morgan fingerprint density at radius 2 is 1.81 bits per heavy atom. The number of nitrogens with zero attached hydrogens (tertiary/aromatic N) is 1. The van der Waals surface area contributed by atoms with E-state index in [1.54, 1.807) is 17.0 Å². The van der Waals surface area contributed by atoms with Gasteiger partial charge >= 0.3 is 0 Å². The van der Waals surface area contributed by atoms with E-state index in [-0.39, 0.29) is 5.75 Å². The summed E-state index contributed by atoms with van der Waals surface area (Å²) in [4.78, 5) is 0. The lowest BCUT2D eigenvalue weighted by atomic mass is 10.5. The lowest BCUT2D eigenvalue weighted by Gasteiger charge is -2.13. The second kappa shape index (κ2) is 4.34. The van der Waals surface area contributed by atoms with Crippen molar-refractivity contribution in [2.75, 3.05) is 19.0 Å². The third-order valence-electron chi connectivity index (χ3n) is 2.23. The first-order valence-electron chi connectivity index (χ1n) is 4.95. The Morgan fingerprint density at radius 1 is 1.25 bits per heavy atom. The number of hydrogen-bond acceptors (Lipinski definition) is 4. The van der Waals surface area contributed by atoms with Gasteiger partial charge in [0.25, 0.3) is 10.1 Å². The molecule has 0 fully saturated rings. The quantitative estimate of drug-likeness (QED) is 0.785. The minimum Gasteiger partial charge on any atom is -0.485 e. The van der Waals surface area contributed by atoms with Crippen LogP contribution in [-0.4, -0.2) is 36.5 Å². The fourth-order valence-electron chi connectivity index (χ4n) is 1.54. The van der Waals surface area contributed by atoms with E-state index >= 15 is 0 Å². The van der Waals surface area contributed by atoms with Gasteiger partial charge in [-0.2, -0.15) is 8.42 Å². The van der Waals surface area contributed by atoms with Crippen molar-refractivity contribution in [3.8, 4) is 11.5 Å². The minimum atomic E-state index is -3.87. The summed E-state index contributed by atoms with van der Waals surface area (Å²) < 4.78 is 42.1. The van der Waals surface area contributed by atoms with Crippen LogP contribution < -0.4 is 9.47 Å². The van der Waals surface area contributed by atoms with Gasteiger partial charge in [-0.3, -0.25) is 4.55 Å². The number of rotatable bonds is 4. The highest BCUT2D eigenvalue weighted by molar-refractivity contribution is 7.85. The Bertz CT molecular complexity index is 441. The molecule has 2 rings (SSSR count). The average molecular weight is 247 g/mol. The summed E-state index contributed by atoms with van der Waals surface area (Å²) in [5.41, 5.74) is 0. The zero-order valence-electron chi connectivity index (χ0n) is 8.63. The molecular weight excluding hydrogens is 234 g/mol. The molecule has 2 heterocycles. The molecule has 0 aromatic carbocycles. The average Bonchev–Trinajstić information content (AvgIpc) is 2.57. The molecule has 0 saturated carbocycles. The first-order valence-corrected chi connectivity index (χ1v) is 6.56. The molecule has 0 aliphatic carbocycles. The predicted octanol–water partition coefficient (Wildman–Crippen LogP) is 0.537. The third kappa shape index (κ3) is 2.89. The maximum Gasteiger partial charge on any atom is 0.264 e. The maximum absolute atomic E-state index is 10.5. The molecule has 1 aliphatic heterocycles. The molecule has 90 valence electrons. The highest BCUT2D eigenvalue weighted by atomic mass is 32.2. The van der Waals surface area contributed by atoms with Crippen LogP contribution in [0.15, 0.2) is 12.4 Å². The predicted molar refractivity (Wildman–Crippen MR) is 56.5 cm³/mol. The molecule has 16 heavy (non-hydrogen) atoms. The van der Waals surface area contributed by atoms with Gasteiger partial charge in [-0.15, -0.1) is 0 Å². The molecule has 1 aromatic heterocycles. The van der Waals surface area contributed by atoms with Gasteiger partial charge in [0.2, 0.25) is 0 Å². The summed E-state index contributed by atoms with van der Waals surface area (Å²) in [5, 5.41) is 0. The monoisotopic (exact) mass is 247 g/mol. The van der Waals surface area contributed by atoms with Crippen molar-refractivity contribution in [2.45, 2.75) is 13.0 Å². The van der Waals surface area contributed by atoms with Gasteiger partial charge in [0.05, 0.1) is 5.75 Å². The van der Waals surface area contributed by atoms with E-state index < -0.39 is 10.1 Å². The van der Waals surface area contributed by atoms with Crippen LogP contribution in [0, 0.1) is 0 Å². The summed E-state index contributed by atoms with van der Waals surface area (Å²) in [5.74, 6) is 1.12. The van der Waals surface area contributed by atoms with E-state index in [2.05, 4.69) is 0 Å². The molecule has 0 spiro atoms. The van der Waals surface area contributed by atoms with Crippen LogP contribution in [0.3, 0.4) is 0 Å². The van der Waals surface area contributed by atoms with E-state index in [9.17, 15) is 8.42 Å². The highest BCUT2D eigenvalue weighted by Gasteiger charge is 2.14. The summed E-state index contributed by atoms with van der Waals surface area (Å²) in [6.45, 7) is 1.56. The molecule has 0 saturated heterocycles. The first-order chi connectivity index (χ1) is 7.54. The van der Waals surface area contributed by atoms with Gasteiger partial charge in [0.15, 0.2) is 11.5 Å². The fourth-order valence-corrected chi connectivity index (χ4v) is 2.04. The number of ether oxygens (including phenoxy) is 2. The lowest BCUT2D eigenvalue weighted by Crippen LogP contribution is -2.13. The van der Waals surface area contributed by atoms with E-state index in [0.29, 0.717) is 37.7 Å². The molecule has 0 unspecified atom stereocenters. The Morgan fingerprint density at radius 3 is 2.31 bits per heavy atom. The zero-order chi connectivity index (χ0) is 11.6. The third-order valence-corrected chi connectivity index (χ3v) is 3.03. The van der Waals surface area contributed by atoms with Crippen molar-refractivity contribution in [2.24, 2.45) is 0 Å². The van der Waals surface area contributed by atoms with Crippen LogP contribution in [0.25, 0.3) is 0 Å². The number of aryl methyl sites for hydroxylation is 1. The minimum absolute atomic E-state index is 0.239. The summed E-state index contributed by atoms with van der Waals surface area (Å²) >= 11 is 0. The Balaban J connectivity index is 1.93. The fraction of sp³-hybridized carbons (Fsp3) is 0.556. The SMILES string of the molecule is O=S(=O)(O)CCCn1cc2c(c1)OCCO2. The molecule has 1 aliphatic rings. The largest absolute Gasteiger partial charge is 0.485 e. The second-order valence-electron chi connectivity index (χ2n) is 3.56. The van der Waals surface area contributed by atoms with Crippen LogP contribution in [0.2, 0.25) is 0 Å². The lowest BCUT2D eigenvalue weighted by molar-refractivity contribution is 0.173. The van der Waals surface area contributed by atoms with E-state index in [4.69, 9.17) is 14.0 Å². The van der Waals surface area contributed by atoms with E-state index in [1.165, 1.54) is 0 Å². The van der Waals surface area contributed by atoms with Crippen LogP contribution in [-0.2, 0) is 16.7 Å². The molecule has 7 heteroatoms. The van der Waals surface area contributed by atoms with Gasteiger partial charge in [0.1, 0.15) is 13.2 Å². The molecule has 6 nitrogen and oxygen atoms in total. The Labute approximate surface area is 93.5 Å². The number of hydrogen-bond donors (Lipinski definition) is 1. The number of fused-ring (bicyclic) bond motifs is 1. The smallest absolute Gasteiger partial charge is 0.264 e. The second-order valence-corrected chi connectivity index (χ2v) is 5.13. The normalized spacial score (nSPS) is 15.1. The molecule has 0 amide bonds. The summed E-state index contributed by atoms with van der Waals surface area (Å²) in [6.07, 6.45) is 3.88. The maximum atomic E-state index is 10.5. The van der Waals surface area contributed by atoms with Crippen molar-refractivity contribution in [1.29, 1.82) is 0 Å². The van der Waals surface area contributed by atoms with Gasteiger partial charge in [0, 0.05) is 18.9 Å². The van der Waals surface area contributed by atoms with Crippen LogP contribution in [0.1, 0.15) is 6.42 Å². The van der Waals surface area contributed by atoms with Gasteiger partial charge in [-0.05, 0) is 6.42 Å². The van der Waals surface area contributed by atoms with Crippen molar-refractivity contribution < 1.29 is 22.4 Å². The molecular formula is C9H13NO5S. The van der Waals surface area contributed by atoms with Crippen molar-refractivity contribution in [1.82, 2.24) is 4.57 Å². The Kier molecular flexibility index (Phi) is 3.06. The van der Waals surface area contributed by atoms with Crippen LogP contribution >= 0.6 is 0 Å². The molecule has 0 bridgehead atoms.